The van der Waals surface area contributed by atoms with Gasteiger partial charge >= 0.3 is 0 Å². The lowest BCUT2D eigenvalue weighted by Gasteiger charge is -2.14. The minimum atomic E-state index is 1.06. The minimum Gasteiger partial charge on any atom is -0.0622 e. The first kappa shape index (κ1) is 12.4. The minimum absolute atomic E-state index is 1.06. The van der Waals surface area contributed by atoms with E-state index in [0.29, 0.717) is 0 Å². The molecule has 4 rings (SSSR count). The Kier molecular flexibility index (Phi) is 2.89. The summed E-state index contributed by atoms with van der Waals surface area (Å²) >= 11 is 0. The molecule has 3 aromatic carbocycles. The molecule has 0 heteroatoms. The van der Waals surface area contributed by atoms with E-state index in [4.69, 9.17) is 0 Å². The Morgan fingerprint density at radius 3 is 2.29 bits per heavy atom. The fourth-order valence-corrected chi connectivity index (χ4v) is 3.31. The summed E-state index contributed by atoms with van der Waals surface area (Å²) in [4.78, 5) is 0. The third-order valence-corrected chi connectivity index (χ3v) is 4.33. The summed E-state index contributed by atoms with van der Waals surface area (Å²) in [7, 11) is 0. The Bertz CT molecular complexity index is 798. The van der Waals surface area contributed by atoms with Gasteiger partial charge in [-0.15, -0.1) is 0 Å². The standard InChI is InChI=1S/C21H17/c1-2-15-12-13-19-18-11-7-6-10-17(18)14-20(19)21(15)16-8-4-3-5-9-16/h3-14H,2H2,1H3. The number of benzene rings is 3. The van der Waals surface area contributed by atoms with Crippen molar-refractivity contribution < 1.29 is 0 Å². The topological polar surface area (TPSA) is 0 Å². The highest BCUT2D eigenvalue weighted by Crippen LogP contribution is 2.44. The van der Waals surface area contributed by atoms with Crippen molar-refractivity contribution in [3.8, 4) is 22.3 Å². The zero-order valence-corrected chi connectivity index (χ0v) is 12.1. The molecule has 0 fully saturated rings. The molecule has 0 bridgehead atoms. The molecule has 21 heavy (non-hydrogen) atoms. The lowest BCUT2D eigenvalue weighted by atomic mass is 9.90. The summed E-state index contributed by atoms with van der Waals surface area (Å²) in [5.74, 6) is 0. The predicted molar refractivity (Wildman–Crippen MR) is 89.2 cm³/mol. The molecule has 1 aliphatic carbocycles. The van der Waals surface area contributed by atoms with Crippen molar-refractivity contribution in [3.63, 3.8) is 0 Å². The molecule has 0 N–H and O–H groups in total. The number of fused-ring (bicyclic) bond motifs is 3. The molecule has 0 aromatic heterocycles. The Morgan fingerprint density at radius 1 is 0.714 bits per heavy atom. The van der Waals surface area contributed by atoms with Crippen LogP contribution in [0.5, 0.6) is 0 Å². The van der Waals surface area contributed by atoms with Crippen LogP contribution in [0.25, 0.3) is 22.3 Å². The summed E-state index contributed by atoms with van der Waals surface area (Å²) in [6, 6.07) is 24.0. The zero-order valence-electron chi connectivity index (χ0n) is 12.1. The van der Waals surface area contributed by atoms with E-state index < -0.39 is 0 Å². The van der Waals surface area contributed by atoms with Crippen LogP contribution in [0.1, 0.15) is 23.6 Å². The molecule has 3 aromatic rings. The second-order valence-electron chi connectivity index (χ2n) is 5.51. The second kappa shape index (κ2) is 4.89. The van der Waals surface area contributed by atoms with Gasteiger partial charge < -0.3 is 0 Å². The van der Waals surface area contributed by atoms with Crippen LogP contribution in [0.4, 0.5) is 0 Å². The molecule has 101 valence electrons. The van der Waals surface area contributed by atoms with Gasteiger partial charge in [-0.25, -0.2) is 0 Å². The molecule has 0 atom stereocenters. The Hall–Kier alpha value is -2.34. The largest absolute Gasteiger partial charge is 0.0622 e. The molecule has 1 aliphatic rings. The number of hydrogen-bond acceptors (Lipinski definition) is 0. The molecule has 0 aliphatic heterocycles. The Labute approximate surface area is 126 Å². The van der Waals surface area contributed by atoms with Crippen LogP contribution < -0.4 is 0 Å². The zero-order chi connectivity index (χ0) is 14.2. The fraction of sp³-hybridized carbons (Fsp3) is 0.0952. The number of rotatable bonds is 2. The summed E-state index contributed by atoms with van der Waals surface area (Å²) in [5.41, 5.74) is 9.56. The quantitative estimate of drug-likeness (QED) is 0.451. The van der Waals surface area contributed by atoms with Crippen LogP contribution in [0.15, 0.2) is 66.7 Å². The van der Waals surface area contributed by atoms with Gasteiger partial charge in [0.25, 0.3) is 0 Å². The van der Waals surface area contributed by atoms with Crippen LogP contribution in [0, 0.1) is 6.42 Å². The molecule has 1 radical (unpaired) electrons. The first-order valence-electron chi connectivity index (χ1n) is 7.54. The third-order valence-electron chi connectivity index (χ3n) is 4.33. The lowest BCUT2D eigenvalue weighted by molar-refractivity contribution is 1.14. The predicted octanol–water partition coefficient (Wildman–Crippen LogP) is 5.50. The number of aryl methyl sites for hydroxylation is 1. The average Bonchev–Trinajstić information content (AvgIpc) is 2.93. The molecule has 0 spiro atoms. The van der Waals surface area contributed by atoms with Gasteiger partial charge in [0.2, 0.25) is 0 Å². The summed E-state index contributed by atoms with van der Waals surface area (Å²) in [5, 5.41) is 0. The summed E-state index contributed by atoms with van der Waals surface area (Å²) in [6.07, 6.45) is 3.40. The highest BCUT2D eigenvalue weighted by Gasteiger charge is 2.23. The van der Waals surface area contributed by atoms with E-state index in [1.165, 1.54) is 38.9 Å². The highest BCUT2D eigenvalue weighted by molar-refractivity contribution is 5.89. The molecule has 0 amide bonds. The average molecular weight is 269 g/mol. The Balaban J connectivity index is 2.00. The van der Waals surface area contributed by atoms with Gasteiger partial charge in [0.1, 0.15) is 0 Å². The van der Waals surface area contributed by atoms with E-state index in [2.05, 4.69) is 80.1 Å². The van der Waals surface area contributed by atoms with Gasteiger partial charge in [-0.05, 0) is 45.4 Å². The molecular weight excluding hydrogens is 252 g/mol. The van der Waals surface area contributed by atoms with E-state index in [1.54, 1.807) is 0 Å². The van der Waals surface area contributed by atoms with Gasteiger partial charge in [0.05, 0.1) is 0 Å². The van der Waals surface area contributed by atoms with Gasteiger partial charge in [-0.1, -0.05) is 73.7 Å². The molecule has 0 unspecified atom stereocenters. The van der Waals surface area contributed by atoms with E-state index in [1.807, 2.05) is 0 Å². The van der Waals surface area contributed by atoms with Gasteiger partial charge in [0, 0.05) is 6.42 Å². The first-order valence-corrected chi connectivity index (χ1v) is 7.54. The summed E-state index contributed by atoms with van der Waals surface area (Å²) in [6.45, 7) is 2.23. The highest BCUT2D eigenvalue weighted by atomic mass is 14.3. The van der Waals surface area contributed by atoms with Crippen LogP contribution in [-0.2, 0) is 6.42 Å². The van der Waals surface area contributed by atoms with Crippen LogP contribution in [0.2, 0.25) is 0 Å². The first-order chi connectivity index (χ1) is 10.4. The van der Waals surface area contributed by atoms with Crippen molar-refractivity contribution in [3.05, 3.63) is 89.8 Å². The van der Waals surface area contributed by atoms with Gasteiger partial charge in [0.15, 0.2) is 0 Å². The number of hydrogen-bond donors (Lipinski definition) is 0. The maximum Gasteiger partial charge on any atom is 0.0218 e. The van der Waals surface area contributed by atoms with Gasteiger partial charge in [-0.2, -0.15) is 0 Å². The van der Waals surface area contributed by atoms with E-state index >= 15 is 0 Å². The summed E-state index contributed by atoms with van der Waals surface area (Å²) < 4.78 is 0. The van der Waals surface area contributed by atoms with Crippen molar-refractivity contribution in [2.45, 2.75) is 13.3 Å². The molecule has 0 heterocycles. The van der Waals surface area contributed by atoms with E-state index in [-0.39, 0.29) is 0 Å². The van der Waals surface area contributed by atoms with Crippen molar-refractivity contribution in [1.29, 1.82) is 0 Å². The van der Waals surface area contributed by atoms with E-state index in [9.17, 15) is 0 Å². The van der Waals surface area contributed by atoms with Gasteiger partial charge in [-0.3, -0.25) is 0 Å². The van der Waals surface area contributed by atoms with Crippen molar-refractivity contribution >= 4 is 0 Å². The van der Waals surface area contributed by atoms with Crippen molar-refractivity contribution in [2.75, 3.05) is 0 Å². The Morgan fingerprint density at radius 2 is 1.48 bits per heavy atom. The SMILES string of the molecule is CCc1ccc2c(c1-c1ccccc1)[CH]c1ccccc1-2. The lowest BCUT2D eigenvalue weighted by Crippen LogP contribution is -1.93. The van der Waals surface area contributed by atoms with Crippen molar-refractivity contribution in [1.82, 2.24) is 0 Å². The van der Waals surface area contributed by atoms with Crippen LogP contribution in [-0.4, -0.2) is 0 Å². The second-order valence-corrected chi connectivity index (χ2v) is 5.51. The van der Waals surface area contributed by atoms with Crippen LogP contribution in [0.3, 0.4) is 0 Å². The third kappa shape index (κ3) is 1.91. The molecule has 0 saturated carbocycles. The smallest absolute Gasteiger partial charge is 0.0218 e. The maximum atomic E-state index is 2.34. The molecular formula is C21H17. The monoisotopic (exact) mass is 269 g/mol. The van der Waals surface area contributed by atoms with Crippen molar-refractivity contribution in [2.24, 2.45) is 0 Å². The van der Waals surface area contributed by atoms with Crippen LogP contribution >= 0.6 is 0 Å². The molecule has 0 nitrogen and oxygen atoms in total. The normalized spacial score (nSPS) is 12.0. The fourth-order valence-electron chi connectivity index (χ4n) is 3.31. The molecule has 0 saturated heterocycles. The maximum absolute atomic E-state index is 2.34. The van der Waals surface area contributed by atoms with E-state index in [0.717, 1.165) is 6.42 Å².